The van der Waals surface area contributed by atoms with Crippen LogP contribution in [-0.4, -0.2) is 37.1 Å². The first-order valence-electron chi connectivity index (χ1n) is 7.97. The molecule has 10 heteroatoms. The van der Waals surface area contributed by atoms with Crippen LogP contribution in [0.3, 0.4) is 0 Å². The van der Waals surface area contributed by atoms with Gasteiger partial charge < -0.3 is 10.1 Å². The zero-order valence-corrected chi connectivity index (χ0v) is 15.8. The third-order valence-electron chi connectivity index (χ3n) is 3.42. The number of nitriles is 1. The average molecular weight is 406 g/mol. The molecule has 146 valence electrons. The second kappa shape index (κ2) is 9.68. The fourth-order valence-electron chi connectivity index (χ4n) is 2.17. The van der Waals surface area contributed by atoms with E-state index in [1.165, 1.54) is 25.5 Å². The predicted octanol–water partition coefficient (Wildman–Crippen LogP) is 2.78. The lowest BCUT2D eigenvalue weighted by Crippen LogP contribution is -2.27. The predicted molar refractivity (Wildman–Crippen MR) is 99.8 cm³/mol. The van der Waals surface area contributed by atoms with Crippen molar-refractivity contribution in [2.24, 2.45) is 0 Å². The Kier molecular flexibility index (Phi) is 7.31. The number of ether oxygens (including phenoxy) is 1. The molecule has 0 fully saturated rings. The molecule has 0 aliphatic carbocycles. The van der Waals surface area contributed by atoms with E-state index in [4.69, 9.17) is 4.74 Å². The molecule has 1 aromatic heterocycles. The summed E-state index contributed by atoms with van der Waals surface area (Å²) in [5.41, 5.74) is -0.0981. The minimum absolute atomic E-state index is 0.112. The molecule has 0 radical (unpaired) electrons. The van der Waals surface area contributed by atoms with Crippen LogP contribution < -0.4 is 10.2 Å². The molecule has 0 unspecified atom stereocenters. The molecule has 0 spiro atoms. The van der Waals surface area contributed by atoms with Crippen LogP contribution >= 0.6 is 11.3 Å². The van der Waals surface area contributed by atoms with Gasteiger partial charge in [0.15, 0.2) is 5.13 Å². The number of nitrogens with zero attached hydrogens (tertiary/aromatic N) is 3. The number of methoxy groups -OCH3 is 1. The van der Waals surface area contributed by atoms with Crippen molar-refractivity contribution >= 4 is 40.0 Å². The third kappa shape index (κ3) is 5.18. The normalized spacial score (nSPS) is 11.0. The summed E-state index contributed by atoms with van der Waals surface area (Å²) in [6, 6.07) is 4.60. The molecule has 0 aliphatic rings. The highest BCUT2D eigenvalue weighted by atomic mass is 32.1. The maximum absolute atomic E-state index is 14.1. The summed E-state index contributed by atoms with van der Waals surface area (Å²) in [7, 11) is 1.48. The van der Waals surface area contributed by atoms with E-state index in [0.717, 1.165) is 28.4 Å². The van der Waals surface area contributed by atoms with Crippen LogP contribution in [0.5, 0.6) is 0 Å². The van der Waals surface area contributed by atoms with Crippen LogP contribution in [0.4, 0.5) is 19.6 Å². The summed E-state index contributed by atoms with van der Waals surface area (Å²) in [5, 5.41) is 13.3. The Morgan fingerprint density at radius 1 is 1.43 bits per heavy atom. The van der Waals surface area contributed by atoms with Gasteiger partial charge in [0.05, 0.1) is 18.0 Å². The van der Waals surface area contributed by atoms with Gasteiger partial charge in [-0.05, 0) is 18.2 Å². The van der Waals surface area contributed by atoms with Crippen molar-refractivity contribution in [2.75, 3.05) is 25.2 Å². The van der Waals surface area contributed by atoms with Gasteiger partial charge in [-0.3, -0.25) is 14.5 Å². The number of carbonyl (C=O) groups excluding carboxylic acids is 2. The fourth-order valence-corrected chi connectivity index (χ4v) is 3.01. The number of amides is 2. The second-order valence-electron chi connectivity index (χ2n) is 5.42. The van der Waals surface area contributed by atoms with E-state index in [1.54, 1.807) is 6.07 Å². The summed E-state index contributed by atoms with van der Waals surface area (Å²) in [6.45, 7) is 1.74. The minimum Gasteiger partial charge on any atom is -0.383 e. The standard InChI is InChI=1S/C18H16F2N4O3S/c1-11(25)24(16-4-3-13(19)8-15(16)20)18-23-14(10-28-18)7-12(9-21)17(26)22-5-6-27-2/h3-4,7-8,10H,5-6H2,1-2H3,(H,22,26)/b12-7+. The first-order chi connectivity index (χ1) is 13.4. The van der Waals surface area contributed by atoms with Gasteiger partial charge in [-0.2, -0.15) is 5.26 Å². The van der Waals surface area contributed by atoms with Crippen LogP contribution in [0.1, 0.15) is 12.6 Å². The topological polar surface area (TPSA) is 95.3 Å². The van der Waals surface area contributed by atoms with Crippen molar-refractivity contribution in [3.05, 3.63) is 46.5 Å². The quantitative estimate of drug-likeness (QED) is 0.433. The molecule has 28 heavy (non-hydrogen) atoms. The summed E-state index contributed by atoms with van der Waals surface area (Å²) in [6.07, 6.45) is 1.25. The number of hydrogen-bond acceptors (Lipinski definition) is 6. The van der Waals surface area contributed by atoms with Crippen molar-refractivity contribution in [3.8, 4) is 6.07 Å². The highest BCUT2D eigenvalue weighted by Gasteiger charge is 2.21. The van der Waals surface area contributed by atoms with Crippen molar-refractivity contribution in [3.63, 3.8) is 0 Å². The fraction of sp³-hybridized carbons (Fsp3) is 0.222. The smallest absolute Gasteiger partial charge is 0.262 e. The van der Waals surface area contributed by atoms with Crippen LogP contribution in [0.15, 0.2) is 29.2 Å². The van der Waals surface area contributed by atoms with Gasteiger partial charge in [0.25, 0.3) is 5.91 Å². The monoisotopic (exact) mass is 406 g/mol. The zero-order valence-electron chi connectivity index (χ0n) is 15.0. The number of aromatic nitrogens is 1. The lowest BCUT2D eigenvalue weighted by molar-refractivity contribution is -0.117. The maximum Gasteiger partial charge on any atom is 0.262 e. The van der Waals surface area contributed by atoms with Crippen molar-refractivity contribution < 1.29 is 23.1 Å². The zero-order chi connectivity index (χ0) is 20.7. The van der Waals surface area contributed by atoms with E-state index in [1.807, 2.05) is 0 Å². The number of thiazole rings is 1. The molecule has 1 N–H and O–H groups in total. The molecule has 0 saturated heterocycles. The Hall–Kier alpha value is -3.16. The number of carbonyl (C=O) groups is 2. The number of benzene rings is 1. The molecule has 0 saturated carbocycles. The largest absolute Gasteiger partial charge is 0.383 e. The Labute approximate surface area is 163 Å². The summed E-state index contributed by atoms with van der Waals surface area (Å²) in [4.78, 5) is 29.1. The van der Waals surface area contributed by atoms with Gasteiger partial charge in [0.1, 0.15) is 23.3 Å². The molecule has 0 aliphatic heterocycles. The molecule has 0 bridgehead atoms. The highest BCUT2D eigenvalue weighted by molar-refractivity contribution is 7.14. The van der Waals surface area contributed by atoms with E-state index < -0.39 is 23.4 Å². The number of rotatable bonds is 7. The summed E-state index contributed by atoms with van der Waals surface area (Å²) in [5.74, 6) is -2.82. The molecule has 1 aromatic carbocycles. The molecular weight excluding hydrogens is 390 g/mol. The second-order valence-corrected chi connectivity index (χ2v) is 6.26. The van der Waals surface area contributed by atoms with E-state index in [-0.39, 0.29) is 28.6 Å². The van der Waals surface area contributed by atoms with E-state index in [0.29, 0.717) is 12.7 Å². The molecular formula is C18H16F2N4O3S. The Morgan fingerprint density at radius 2 is 2.18 bits per heavy atom. The van der Waals surface area contributed by atoms with Gasteiger partial charge in [0, 0.05) is 32.0 Å². The number of halogens is 2. The number of nitrogens with one attached hydrogen (secondary N) is 1. The Morgan fingerprint density at radius 3 is 2.79 bits per heavy atom. The van der Waals surface area contributed by atoms with E-state index in [9.17, 15) is 23.6 Å². The summed E-state index contributed by atoms with van der Waals surface area (Å²) >= 11 is 1.01. The number of anilines is 2. The lowest BCUT2D eigenvalue weighted by Gasteiger charge is -2.18. The minimum atomic E-state index is -0.919. The SMILES string of the molecule is COCCNC(=O)/C(C#N)=C/c1csc(N(C(C)=O)c2ccc(F)cc2F)n1. The van der Waals surface area contributed by atoms with Gasteiger partial charge in [-0.15, -0.1) is 11.3 Å². The molecule has 1 heterocycles. The highest BCUT2D eigenvalue weighted by Crippen LogP contribution is 2.31. The van der Waals surface area contributed by atoms with Gasteiger partial charge in [-0.1, -0.05) is 0 Å². The molecule has 0 atom stereocenters. The molecule has 2 rings (SSSR count). The molecule has 2 amide bonds. The molecule has 2 aromatic rings. The third-order valence-corrected chi connectivity index (χ3v) is 4.26. The van der Waals surface area contributed by atoms with Crippen molar-refractivity contribution in [2.45, 2.75) is 6.92 Å². The average Bonchev–Trinajstić information content (AvgIpc) is 3.09. The van der Waals surface area contributed by atoms with Crippen LogP contribution in [-0.2, 0) is 14.3 Å². The van der Waals surface area contributed by atoms with Crippen LogP contribution in [0.2, 0.25) is 0 Å². The maximum atomic E-state index is 14.1. The van der Waals surface area contributed by atoms with Crippen molar-refractivity contribution in [1.82, 2.24) is 10.3 Å². The van der Waals surface area contributed by atoms with E-state index >= 15 is 0 Å². The summed E-state index contributed by atoms with van der Waals surface area (Å²) < 4.78 is 32.1. The van der Waals surface area contributed by atoms with Crippen LogP contribution in [0, 0.1) is 23.0 Å². The lowest BCUT2D eigenvalue weighted by atomic mass is 10.2. The molecule has 7 nitrogen and oxygen atoms in total. The van der Waals surface area contributed by atoms with Gasteiger partial charge in [0.2, 0.25) is 5.91 Å². The first-order valence-corrected chi connectivity index (χ1v) is 8.85. The van der Waals surface area contributed by atoms with Gasteiger partial charge >= 0.3 is 0 Å². The van der Waals surface area contributed by atoms with Gasteiger partial charge in [-0.25, -0.2) is 13.8 Å². The number of hydrogen-bond donors (Lipinski definition) is 1. The van der Waals surface area contributed by atoms with E-state index in [2.05, 4.69) is 10.3 Å². The first kappa shape index (κ1) is 21.1. The van der Waals surface area contributed by atoms with Crippen molar-refractivity contribution in [1.29, 1.82) is 5.26 Å². The Bertz CT molecular complexity index is 953. The van der Waals surface area contributed by atoms with Crippen LogP contribution in [0.25, 0.3) is 6.08 Å². The Balaban J connectivity index is 2.30.